The van der Waals surface area contributed by atoms with Gasteiger partial charge in [-0.05, 0) is 49.0 Å². The van der Waals surface area contributed by atoms with Crippen LogP contribution in [0.4, 0.5) is 5.69 Å². The maximum Gasteiger partial charge on any atom is 0.242 e. The number of para-hydroxylation sites is 1. The molecule has 192 valence electrons. The van der Waals surface area contributed by atoms with E-state index in [1.807, 2.05) is 77.6 Å². The zero-order valence-corrected chi connectivity index (χ0v) is 21.5. The molecule has 2 aromatic heterocycles. The molecule has 1 spiro atoms. The summed E-state index contributed by atoms with van der Waals surface area (Å²) in [5, 5.41) is 14.4. The molecular formula is C31H26N6O2. The fraction of sp³-hybridized carbons (Fsp3) is 0.258. The summed E-state index contributed by atoms with van der Waals surface area (Å²) in [6, 6.07) is 21.5. The highest BCUT2D eigenvalue weighted by Crippen LogP contribution is 2.50. The quantitative estimate of drug-likeness (QED) is 0.437. The number of nitrogens with zero attached hydrogens (tertiary/aromatic N) is 5. The first-order valence-electron chi connectivity index (χ1n) is 13.1. The number of nitrogens with one attached hydrogen (secondary N) is 1. The Labute approximate surface area is 225 Å². The van der Waals surface area contributed by atoms with Crippen molar-refractivity contribution in [2.45, 2.75) is 30.3 Å². The average Bonchev–Trinajstić information content (AvgIpc) is 3.72. The number of fused-ring (bicyclic) bond motifs is 3. The average molecular weight is 515 g/mol. The minimum Gasteiger partial charge on any atom is -0.338 e. The molecule has 2 aliphatic heterocycles. The van der Waals surface area contributed by atoms with Crippen LogP contribution in [0.2, 0.25) is 0 Å². The van der Waals surface area contributed by atoms with Crippen molar-refractivity contribution in [3.05, 3.63) is 90.0 Å². The van der Waals surface area contributed by atoms with Crippen molar-refractivity contribution in [2.24, 2.45) is 0 Å². The molecule has 2 fully saturated rings. The van der Waals surface area contributed by atoms with Gasteiger partial charge < -0.3 is 15.1 Å². The van der Waals surface area contributed by atoms with Gasteiger partial charge in [-0.15, -0.1) is 0 Å². The predicted molar refractivity (Wildman–Crippen MR) is 147 cm³/mol. The van der Waals surface area contributed by atoms with Crippen molar-refractivity contribution in [1.29, 1.82) is 5.26 Å². The SMILES string of the molecule is CNC1(C(=O)N2CC3(C2)C(=O)N(Cc2ncc4ccccc4c2-c2ccc(C#N)nc2)c2ccccc23)CC1. The highest BCUT2D eigenvalue weighted by Gasteiger charge is 2.62. The van der Waals surface area contributed by atoms with Crippen LogP contribution in [0.1, 0.15) is 29.8 Å². The third-order valence-corrected chi connectivity index (χ3v) is 8.56. The Morgan fingerprint density at radius 1 is 1.03 bits per heavy atom. The third-order valence-electron chi connectivity index (χ3n) is 8.56. The Balaban J connectivity index is 1.27. The topological polar surface area (TPSA) is 102 Å². The Kier molecular flexibility index (Phi) is 5.09. The van der Waals surface area contributed by atoms with E-state index in [-0.39, 0.29) is 18.4 Å². The van der Waals surface area contributed by atoms with Gasteiger partial charge in [0.15, 0.2) is 0 Å². The van der Waals surface area contributed by atoms with Crippen molar-refractivity contribution in [3.8, 4) is 17.2 Å². The molecule has 0 radical (unpaired) electrons. The van der Waals surface area contributed by atoms with Gasteiger partial charge in [0.05, 0.1) is 17.8 Å². The molecule has 39 heavy (non-hydrogen) atoms. The second-order valence-corrected chi connectivity index (χ2v) is 10.7. The Morgan fingerprint density at radius 2 is 1.79 bits per heavy atom. The molecule has 8 heteroatoms. The fourth-order valence-electron chi connectivity index (χ4n) is 6.21. The normalized spacial score (nSPS) is 18.1. The minimum absolute atomic E-state index is 0.000849. The summed E-state index contributed by atoms with van der Waals surface area (Å²) < 4.78 is 0. The first kappa shape index (κ1) is 23.5. The van der Waals surface area contributed by atoms with Crippen LogP contribution < -0.4 is 10.2 Å². The maximum absolute atomic E-state index is 14.2. The van der Waals surface area contributed by atoms with Gasteiger partial charge in [0.2, 0.25) is 11.8 Å². The van der Waals surface area contributed by atoms with E-state index in [1.54, 1.807) is 12.3 Å². The number of nitriles is 1. The van der Waals surface area contributed by atoms with Crippen molar-refractivity contribution < 1.29 is 9.59 Å². The molecular weight excluding hydrogens is 488 g/mol. The number of likely N-dealkylation sites (tertiary alicyclic amines) is 1. The Hall–Kier alpha value is -4.61. The van der Waals surface area contributed by atoms with Gasteiger partial charge in [0.1, 0.15) is 17.2 Å². The van der Waals surface area contributed by atoms with Crippen molar-refractivity contribution in [1.82, 2.24) is 20.2 Å². The van der Waals surface area contributed by atoms with Gasteiger partial charge in [-0.3, -0.25) is 14.6 Å². The summed E-state index contributed by atoms with van der Waals surface area (Å²) in [5.41, 5.74) is 3.47. The monoisotopic (exact) mass is 514 g/mol. The van der Waals surface area contributed by atoms with Crippen LogP contribution >= 0.6 is 0 Å². The molecule has 1 saturated heterocycles. The van der Waals surface area contributed by atoms with Gasteiger partial charge in [0, 0.05) is 47.7 Å². The van der Waals surface area contributed by atoms with Crippen molar-refractivity contribution in [2.75, 3.05) is 25.0 Å². The highest BCUT2D eigenvalue weighted by atomic mass is 16.2. The van der Waals surface area contributed by atoms with E-state index in [0.717, 1.165) is 51.7 Å². The lowest BCUT2D eigenvalue weighted by Gasteiger charge is -2.48. The fourth-order valence-corrected chi connectivity index (χ4v) is 6.21. The first-order valence-corrected chi connectivity index (χ1v) is 13.1. The summed E-state index contributed by atoms with van der Waals surface area (Å²) in [7, 11) is 1.83. The van der Waals surface area contributed by atoms with E-state index in [1.165, 1.54) is 0 Å². The number of hydrogen-bond acceptors (Lipinski definition) is 6. The molecule has 1 N–H and O–H groups in total. The molecule has 3 aliphatic rings. The number of rotatable bonds is 5. The van der Waals surface area contributed by atoms with Gasteiger partial charge in [-0.25, -0.2) is 4.98 Å². The van der Waals surface area contributed by atoms with Gasteiger partial charge in [-0.1, -0.05) is 42.5 Å². The van der Waals surface area contributed by atoms with Crippen LogP contribution in [-0.4, -0.2) is 52.4 Å². The molecule has 8 nitrogen and oxygen atoms in total. The van der Waals surface area contributed by atoms with E-state index in [9.17, 15) is 14.9 Å². The number of benzene rings is 2. The Bertz CT molecular complexity index is 1700. The van der Waals surface area contributed by atoms with Gasteiger partial charge >= 0.3 is 0 Å². The summed E-state index contributed by atoms with van der Waals surface area (Å²) in [6.45, 7) is 1.06. The number of hydrogen-bond donors (Lipinski definition) is 1. The number of carbonyl (C=O) groups excluding carboxylic acids is 2. The number of carbonyl (C=O) groups is 2. The summed E-state index contributed by atoms with van der Waals surface area (Å²) in [4.78, 5) is 40.1. The number of anilines is 1. The van der Waals surface area contributed by atoms with E-state index in [0.29, 0.717) is 18.8 Å². The molecule has 0 atom stereocenters. The van der Waals surface area contributed by atoms with E-state index >= 15 is 0 Å². The molecule has 2 amide bonds. The minimum atomic E-state index is -0.733. The number of likely N-dealkylation sites (N-methyl/N-ethyl adjacent to an activating group) is 1. The number of aromatic nitrogens is 2. The second kappa shape index (κ2) is 8.45. The maximum atomic E-state index is 14.2. The summed E-state index contributed by atoms with van der Waals surface area (Å²) in [5.74, 6) is 0.0899. The van der Waals surface area contributed by atoms with E-state index in [4.69, 9.17) is 4.98 Å². The summed E-state index contributed by atoms with van der Waals surface area (Å²) in [6.07, 6.45) is 5.20. The molecule has 7 rings (SSSR count). The zero-order valence-electron chi connectivity index (χ0n) is 21.5. The van der Waals surface area contributed by atoms with E-state index < -0.39 is 11.0 Å². The predicted octanol–water partition coefficient (Wildman–Crippen LogP) is 3.55. The molecule has 0 bridgehead atoms. The van der Waals surface area contributed by atoms with Crippen LogP contribution in [0.5, 0.6) is 0 Å². The zero-order chi connectivity index (χ0) is 26.8. The van der Waals surface area contributed by atoms with Gasteiger partial charge in [0.25, 0.3) is 0 Å². The standard InChI is InChI=1S/C31H26N6O2/c1-33-31(12-13-31)29(39)36-18-30(19-36)24-8-4-5-9-26(24)37(28(30)38)17-25-27(21-10-11-22(14-32)34-16-21)23-7-3-2-6-20(23)15-35-25/h2-11,15-16,33H,12-13,17-19H2,1H3. The number of pyridine rings is 2. The van der Waals surface area contributed by atoms with Crippen LogP contribution in [-0.2, 0) is 21.5 Å². The first-order chi connectivity index (χ1) is 19.0. The molecule has 0 unspecified atom stereocenters. The van der Waals surface area contributed by atoms with Crippen molar-refractivity contribution in [3.63, 3.8) is 0 Å². The highest BCUT2D eigenvalue weighted by molar-refractivity contribution is 6.10. The molecule has 4 heterocycles. The molecule has 1 saturated carbocycles. The third kappa shape index (κ3) is 3.40. The Morgan fingerprint density at radius 3 is 2.51 bits per heavy atom. The van der Waals surface area contributed by atoms with Crippen LogP contribution in [0.3, 0.4) is 0 Å². The number of amides is 2. The van der Waals surface area contributed by atoms with Crippen LogP contribution in [0.15, 0.2) is 73.1 Å². The smallest absolute Gasteiger partial charge is 0.242 e. The lowest BCUT2D eigenvalue weighted by Crippen LogP contribution is -2.67. The van der Waals surface area contributed by atoms with E-state index in [2.05, 4.69) is 16.4 Å². The van der Waals surface area contributed by atoms with Crippen molar-refractivity contribution >= 4 is 28.3 Å². The molecule has 1 aliphatic carbocycles. The van der Waals surface area contributed by atoms with Crippen LogP contribution in [0.25, 0.3) is 21.9 Å². The second-order valence-electron chi connectivity index (χ2n) is 10.7. The van der Waals surface area contributed by atoms with Gasteiger partial charge in [-0.2, -0.15) is 5.26 Å². The lowest BCUT2D eigenvalue weighted by atomic mass is 9.74. The lowest BCUT2D eigenvalue weighted by molar-refractivity contribution is -0.146. The summed E-state index contributed by atoms with van der Waals surface area (Å²) >= 11 is 0. The molecule has 4 aromatic rings. The van der Waals surface area contributed by atoms with Crippen LogP contribution in [0, 0.1) is 11.3 Å². The molecule has 2 aromatic carbocycles. The largest absolute Gasteiger partial charge is 0.338 e.